The Morgan fingerprint density at radius 1 is 1.33 bits per heavy atom. The van der Waals surface area contributed by atoms with Gasteiger partial charge in [-0.05, 0) is 36.8 Å². The van der Waals surface area contributed by atoms with Crippen molar-refractivity contribution in [3.8, 4) is 5.75 Å². The van der Waals surface area contributed by atoms with Crippen molar-refractivity contribution in [3.05, 3.63) is 47.4 Å². The zero-order chi connectivity index (χ0) is 15.3. The van der Waals surface area contributed by atoms with Gasteiger partial charge in [0.05, 0.1) is 19.4 Å². The van der Waals surface area contributed by atoms with Crippen LogP contribution < -0.4 is 9.46 Å². The van der Waals surface area contributed by atoms with Crippen LogP contribution in [0.15, 0.2) is 45.9 Å². The second-order valence-electron chi connectivity index (χ2n) is 4.34. The molecule has 0 saturated heterocycles. The van der Waals surface area contributed by atoms with E-state index < -0.39 is 10.0 Å². The molecule has 114 valence electrons. The van der Waals surface area contributed by atoms with E-state index in [1.807, 2.05) is 6.92 Å². The molecule has 0 amide bonds. The van der Waals surface area contributed by atoms with Gasteiger partial charge >= 0.3 is 0 Å². The van der Waals surface area contributed by atoms with E-state index in [9.17, 15) is 8.42 Å². The summed E-state index contributed by atoms with van der Waals surface area (Å²) in [5, 5.41) is 0.331. The molecular formula is C14H16ClNO4S. The van der Waals surface area contributed by atoms with Gasteiger partial charge in [-0.15, -0.1) is 0 Å². The Labute approximate surface area is 128 Å². The summed E-state index contributed by atoms with van der Waals surface area (Å²) >= 11 is 5.89. The number of sulfonamides is 1. The Bertz CT molecular complexity index is 683. The van der Waals surface area contributed by atoms with Crippen molar-refractivity contribution >= 4 is 21.6 Å². The van der Waals surface area contributed by atoms with Crippen molar-refractivity contribution in [2.45, 2.75) is 24.8 Å². The highest BCUT2D eigenvalue weighted by Gasteiger charge is 2.20. The topological polar surface area (TPSA) is 68.5 Å². The molecule has 0 aliphatic rings. The molecule has 0 aliphatic heterocycles. The largest absolute Gasteiger partial charge is 0.492 e. The van der Waals surface area contributed by atoms with Crippen molar-refractivity contribution in [1.82, 2.24) is 4.72 Å². The lowest BCUT2D eigenvalue weighted by atomic mass is 10.3. The Morgan fingerprint density at radius 3 is 2.81 bits per heavy atom. The third-order valence-electron chi connectivity index (χ3n) is 2.67. The predicted molar refractivity (Wildman–Crippen MR) is 80.0 cm³/mol. The van der Waals surface area contributed by atoms with Crippen LogP contribution >= 0.6 is 11.6 Å². The van der Waals surface area contributed by atoms with Gasteiger partial charge in [-0.2, -0.15) is 0 Å². The molecule has 0 atom stereocenters. The molecule has 0 fully saturated rings. The van der Waals surface area contributed by atoms with Gasteiger partial charge in [0.2, 0.25) is 10.0 Å². The van der Waals surface area contributed by atoms with Gasteiger partial charge in [-0.3, -0.25) is 0 Å². The van der Waals surface area contributed by atoms with Gasteiger partial charge in [-0.25, -0.2) is 13.1 Å². The molecule has 0 bridgehead atoms. The van der Waals surface area contributed by atoms with E-state index >= 15 is 0 Å². The lowest BCUT2D eigenvalue weighted by Crippen LogP contribution is -2.23. The number of rotatable bonds is 7. The summed E-state index contributed by atoms with van der Waals surface area (Å²) in [7, 11) is -3.74. The van der Waals surface area contributed by atoms with Crippen LogP contribution in [0.4, 0.5) is 0 Å². The van der Waals surface area contributed by atoms with Gasteiger partial charge < -0.3 is 9.15 Å². The smallest absolute Gasteiger partial charge is 0.244 e. The normalized spacial score (nSPS) is 11.5. The molecule has 2 aromatic rings. The van der Waals surface area contributed by atoms with E-state index in [2.05, 4.69) is 4.72 Å². The maximum Gasteiger partial charge on any atom is 0.244 e. The van der Waals surface area contributed by atoms with Gasteiger partial charge in [0.15, 0.2) is 0 Å². The molecule has 1 aromatic carbocycles. The van der Waals surface area contributed by atoms with Crippen molar-refractivity contribution in [2.75, 3.05) is 6.61 Å². The summed E-state index contributed by atoms with van der Waals surface area (Å²) in [6, 6.07) is 7.91. The fraction of sp³-hybridized carbons (Fsp3) is 0.286. The maximum absolute atomic E-state index is 12.4. The number of furan rings is 1. The van der Waals surface area contributed by atoms with Crippen molar-refractivity contribution in [1.29, 1.82) is 0 Å². The maximum atomic E-state index is 12.4. The molecule has 0 saturated carbocycles. The van der Waals surface area contributed by atoms with Crippen molar-refractivity contribution < 1.29 is 17.6 Å². The Hall–Kier alpha value is -1.50. The van der Waals surface area contributed by atoms with Crippen LogP contribution in [0.3, 0.4) is 0 Å². The number of hydrogen-bond donors (Lipinski definition) is 1. The summed E-state index contributed by atoms with van der Waals surface area (Å²) in [6.07, 6.45) is 2.26. The quantitative estimate of drug-likeness (QED) is 0.847. The average Bonchev–Trinajstić information content (AvgIpc) is 2.97. The SMILES string of the molecule is CCCOc1ccc(Cl)cc1S(=O)(=O)NCc1ccco1. The van der Waals surface area contributed by atoms with Gasteiger partial charge in [0.25, 0.3) is 0 Å². The molecule has 1 heterocycles. The second-order valence-corrected chi connectivity index (χ2v) is 6.52. The van der Waals surface area contributed by atoms with Crippen molar-refractivity contribution in [3.63, 3.8) is 0 Å². The van der Waals surface area contributed by atoms with Crippen LogP contribution in [0.2, 0.25) is 5.02 Å². The number of nitrogens with one attached hydrogen (secondary N) is 1. The van der Waals surface area contributed by atoms with Gasteiger partial charge in [0, 0.05) is 5.02 Å². The predicted octanol–water partition coefficient (Wildman–Crippen LogP) is 3.20. The summed E-state index contributed by atoms with van der Waals surface area (Å²) < 4.78 is 37.8. The summed E-state index contributed by atoms with van der Waals surface area (Å²) in [5.74, 6) is 0.810. The van der Waals surface area contributed by atoms with E-state index in [1.54, 1.807) is 24.3 Å². The minimum atomic E-state index is -3.74. The van der Waals surface area contributed by atoms with E-state index in [4.69, 9.17) is 20.8 Å². The highest BCUT2D eigenvalue weighted by Crippen LogP contribution is 2.27. The first-order valence-corrected chi connectivity index (χ1v) is 8.33. The molecule has 1 N–H and O–H groups in total. The van der Waals surface area contributed by atoms with Gasteiger partial charge in [-0.1, -0.05) is 18.5 Å². The highest BCUT2D eigenvalue weighted by molar-refractivity contribution is 7.89. The third kappa shape index (κ3) is 4.23. The lowest BCUT2D eigenvalue weighted by molar-refractivity contribution is 0.309. The first-order chi connectivity index (χ1) is 10.0. The molecule has 1 aromatic heterocycles. The molecule has 7 heteroatoms. The van der Waals surface area contributed by atoms with Crippen LogP contribution in [0.25, 0.3) is 0 Å². The minimum absolute atomic E-state index is 0.0232. The van der Waals surface area contributed by atoms with Crippen LogP contribution in [-0.4, -0.2) is 15.0 Å². The minimum Gasteiger partial charge on any atom is -0.492 e. The van der Waals surface area contributed by atoms with E-state index in [-0.39, 0.29) is 17.2 Å². The number of halogens is 1. The third-order valence-corrected chi connectivity index (χ3v) is 4.33. The van der Waals surface area contributed by atoms with Crippen LogP contribution in [0, 0.1) is 0 Å². The fourth-order valence-corrected chi connectivity index (χ4v) is 3.08. The van der Waals surface area contributed by atoms with Crippen LogP contribution in [0.5, 0.6) is 5.75 Å². The molecule has 2 rings (SSSR count). The molecule has 0 radical (unpaired) electrons. The average molecular weight is 330 g/mol. The second kappa shape index (κ2) is 6.98. The Morgan fingerprint density at radius 2 is 2.14 bits per heavy atom. The fourth-order valence-electron chi connectivity index (χ4n) is 1.68. The molecular weight excluding hydrogens is 314 g/mol. The number of hydrogen-bond acceptors (Lipinski definition) is 4. The Balaban J connectivity index is 2.23. The van der Waals surface area contributed by atoms with Crippen LogP contribution in [-0.2, 0) is 16.6 Å². The lowest BCUT2D eigenvalue weighted by Gasteiger charge is -2.12. The van der Waals surface area contributed by atoms with Crippen LogP contribution in [0.1, 0.15) is 19.1 Å². The van der Waals surface area contributed by atoms with Gasteiger partial charge in [0.1, 0.15) is 16.4 Å². The first-order valence-electron chi connectivity index (χ1n) is 6.47. The first kappa shape index (κ1) is 15.9. The van der Waals surface area contributed by atoms with Crippen molar-refractivity contribution in [2.24, 2.45) is 0 Å². The monoisotopic (exact) mass is 329 g/mol. The summed E-state index contributed by atoms with van der Waals surface area (Å²) in [6.45, 7) is 2.44. The molecule has 0 spiro atoms. The molecule has 0 unspecified atom stereocenters. The highest BCUT2D eigenvalue weighted by atomic mass is 35.5. The van der Waals surface area contributed by atoms with E-state index in [1.165, 1.54) is 12.3 Å². The summed E-state index contributed by atoms with van der Waals surface area (Å²) in [4.78, 5) is 0.0232. The molecule has 0 aliphatic carbocycles. The Kier molecular flexibility index (Phi) is 5.27. The zero-order valence-corrected chi connectivity index (χ0v) is 13.1. The number of benzene rings is 1. The molecule has 5 nitrogen and oxygen atoms in total. The zero-order valence-electron chi connectivity index (χ0n) is 11.5. The number of ether oxygens (including phenoxy) is 1. The van der Waals surface area contributed by atoms with E-state index in [0.29, 0.717) is 17.4 Å². The van der Waals surface area contributed by atoms with E-state index in [0.717, 1.165) is 6.42 Å². The summed E-state index contributed by atoms with van der Waals surface area (Å²) in [5.41, 5.74) is 0. The standard InChI is InChI=1S/C14H16ClNO4S/c1-2-7-20-13-6-5-11(15)9-14(13)21(17,18)16-10-12-4-3-8-19-12/h3-6,8-9,16H,2,7,10H2,1H3. The molecule has 21 heavy (non-hydrogen) atoms.